The Bertz CT molecular complexity index is 1260. The molecule has 0 radical (unpaired) electrons. The van der Waals surface area contributed by atoms with Crippen molar-refractivity contribution in [1.82, 2.24) is 15.3 Å². The molecule has 1 aromatic carbocycles. The molecule has 3 aromatic rings. The summed E-state index contributed by atoms with van der Waals surface area (Å²) in [6.07, 6.45) is 1.90. The summed E-state index contributed by atoms with van der Waals surface area (Å²) in [6, 6.07) is 2.53. The molecule has 0 saturated carbocycles. The van der Waals surface area contributed by atoms with Gasteiger partial charge in [0.15, 0.2) is 34.8 Å². The van der Waals surface area contributed by atoms with E-state index in [2.05, 4.69) is 15.3 Å². The zero-order valence-electron chi connectivity index (χ0n) is 19.5. The van der Waals surface area contributed by atoms with Crippen LogP contribution in [0.4, 0.5) is 8.78 Å². The Labute approximate surface area is 210 Å². The van der Waals surface area contributed by atoms with E-state index in [0.29, 0.717) is 37.3 Å². The predicted octanol–water partition coefficient (Wildman–Crippen LogP) is 3.42. The first-order valence-corrected chi connectivity index (χ1v) is 11.5. The van der Waals surface area contributed by atoms with Gasteiger partial charge in [-0.1, -0.05) is 11.6 Å². The zero-order chi connectivity index (χ0) is 25.8. The maximum atomic E-state index is 14.8. The Morgan fingerprint density at radius 3 is 2.69 bits per heavy atom. The van der Waals surface area contributed by atoms with Gasteiger partial charge in [0.2, 0.25) is 11.8 Å². The number of hydrogen-bond donors (Lipinski definition) is 2. The van der Waals surface area contributed by atoms with E-state index >= 15 is 0 Å². The van der Waals surface area contributed by atoms with Crippen molar-refractivity contribution in [3.63, 3.8) is 0 Å². The molecule has 3 unspecified atom stereocenters. The van der Waals surface area contributed by atoms with Crippen molar-refractivity contribution in [2.45, 2.75) is 25.0 Å². The lowest BCUT2D eigenvalue weighted by molar-refractivity contribution is -0.118. The number of carbonyl (C=O) groups is 1. The van der Waals surface area contributed by atoms with Gasteiger partial charge in [-0.05, 0) is 12.8 Å². The van der Waals surface area contributed by atoms with Gasteiger partial charge in [0.1, 0.15) is 5.52 Å². The molecule has 2 N–H and O–H groups in total. The summed E-state index contributed by atoms with van der Waals surface area (Å²) in [5.41, 5.74) is 1.62. The number of aromatic nitrogens is 2. The number of oxazole rings is 1. The minimum Gasteiger partial charge on any atom is -0.494 e. The molecule has 0 bridgehead atoms. The summed E-state index contributed by atoms with van der Waals surface area (Å²) >= 11 is 5.48. The van der Waals surface area contributed by atoms with E-state index in [4.69, 9.17) is 30.2 Å². The number of rotatable bonds is 8. The van der Waals surface area contributed by atoms with Gasteiger partial charge in [-0.25, -0.2) is 13.8 Å². The highest BCUT2D eigenvalue weighted by molar-refractivity contribution is 6.26. The Balaban J connectivity index is 1.59. The molecule has 3 atom stereocenters. The number of aliphatic hydroxyl groups is 1. The van der Waals surface area contributed by atoms with Gasteiger partial charge in [0.25, 0.3) is 0 Å². The van der Waals surface area contributed by atoms with Crippen LogP contribution in [0, 0.1) is 17.6 Å². The fourth-order valence-electron chi connectivity index (χ4n) is 4.13. The summed E-state index contributed by atoms with van der Waals surface area (Å²) in [7, 11) is 2.42. The average Bonchev–Trinajstić information content (AvgIpc) is 3.29. The lowest BCUT2D eigenvalue weighted by Gasteiger charge is -2.31. The van der Waals surface area contributed by atoms with Crippen molar-refractivity contribution >= 4 is 28.6 Å². The number of pyridine rings is 1. The number of nitrogens with zero attached hydrogens (tertiary/aromatic N) is 2. The third kappa shape index (κ3) is 5.28. The number of nitrogens with one attached hydrogen (secondary N) is 1. The second-order valence-electron chi connectivity index (χ2n) is 8.16. The third-order valence-corrected chi connectivity index (χ3v) is 6.08. The van der Waals surface area contributed by atoms with Gasteiger partial charge in [-0.2, -0.15) is 0 Å². The van der Waals surface area contributed by atoms with E-state index in [1.54, 1.807) is 6.07 Å². The summed E-state index contributed by atoms with van der Waals surface area (Å²) in [5, 5.41) is 13.7. The minimum atomic E-state index is -1.87. The molecule has 192 valence electrons. The maximum absolute atomic E-state index is 14.8. The summed E-state index contributed by atoms with van der Waals surface area (Å²) in [5.74, 6) is -3.49. The topological polar surface area (TPSA) is 116 Å². The highest BCUT2D eigenvalue weighted by Crippen LogP contribution is 2.37. The van der Waals surface area contributed by atoms with Crippen LogP contribution in [-0.2, 0) is 16.0 Å². The number of halogens is 3. The van der Waals surface area contributed by atoms with Crippen LogP contribution in [0.2, 0.25) is 0 Å². The van der Waals surface area contributed by atoms with E-state index in [9.17, 15) is 18.7 Å². The van der Waals surface area contributed by atoms with Crippen molar-refractivity contribution in [1.29, 1.82) is 0 Å². The molecule has 3 heterocycles. The number of methoxy groups -OCH3 is 2. The fraction of sp³-hybridized carbons (Fsp3) is 0.375. The molecule has 1 saturated heterocycles. The molecular weight excluding hydrogens is 500 g/mol. The number of fused-ring (bicyclic) bond motifs is 1. The Kier molecular flexibility index (Phi) is 8.02. The van der Waals surface area contributed by atoms with E-state index in [-0.39, 0.29) is 40.8 Å². The van der Waals surface area contributed by atoms with Gasteiger partial charge in [-0.3, -0.25) is 9.78 Å². The molecule has 36 heavy (non-hydrogen) atoms. The van der Waals surface area contributed by atoms with E-state index in [0.717, 1.165) is 11.6 Å². The molecule has 1 aliphatic rings. The predicted molar refractivity (Wildman–Crippen MR) is 125 cm³/mol. The third-order valence-electron chi connectivity index (χ3n) is 5.95. The standard InChI is InChI=1S/C24H24ClF2N3O6/c1-33-17-9-18(34-2)22(27)20(21(17)26)23(32)24-30-15-10-28-13(8-16(15)36-24)7-12-11-35-6-4-14(12)29-19(31)3-5-25/h3,5,8-10,12,14,23,32H,4,6-7,11H2,1-2H3,(H,29,31). The number of carbonyl (C=O) groups excluding carboxylic acids is 1. The SMILES string of the molecule is COc1cc(OC)c(F)c(C(O)c2nc3cnc(CC4COCCC4NC(=O)C=CCl)cc3o2)c1F. The molecule has 9 nitrogen and oxygen atoms in total. The molecule has 1 aliphatic heterocycles. The van der Waals surface area contributed by atoms with Crippen LogP contribution in [-0.4, -0.2) is 54.5 Å². The van der Waals surface area contributed by atoms with Crippen molar-refractivity contribution < 1.29 is 37.3 Å². The molecule has 12 heteroatoms. The highest BCUT2D eigenvalue weighted by Gasteiger charge is 2.31. The Morgan fingerprint density at radius 1 is 1.31 bits per heavy atom. The molecule has 4 rings (SSSR count). The normalized spacial score (nSPS) is 18.9. The van der Waals surface area contributed by atoms with Gasteiger partial charge in [0, 0.05) is 48.0 Å². The molecular formula is C24H24ClF2N3O6. The number of aliphatic hydroxyl groups excluding tert-OH is 1. The van der Waals surface area contributed by atoms with Crippen LogP contribution >= 0.6 is 11.6 Å². The first-order chi connectivity index (χ1) is 17.4. The van der Waals surface area contributed by atoms with Crippen LogP contribution < -0.4 is 14.8 Å². The maximum Gasteiger partial charge on any atom is 0.245 e. The summed E-state index contributed by atoms with van der Waals surface area (Å²) < 4.78 is 50.7. The Hall–Kier alpha value is -3.28. The van der Waals surface area contributed by atoms with Gasteiger partial charge < -0.3 is 29.1 Å². The van der Waals surface area contributed by atoms with Crippen LogP contribution in [0.5, 0.6) is 11.5 Å². The number of hydrogen-bond acceptors (Lipinski definition) is 8. The lowest BCUT2D eigenvalue weighted by Crippen LogP contribution is -2.45. The van der Waals surface area contributed by atoms with Crippen molar-refractivity contribution in [3.8, 4) is 11.5 Å². The van der Waals surface area contributed by atoms with Crippen molar-refractivity contribution in [2.24, 2.45) is 5.92 Å². The second kappa shape index (κ2) is 11.2. The number of ether oxygens (including phenoxy) is 3. The molecule has 0 aliphatic carbocycles. The monoisotopic (exact) mass is 523 g/mol. The summed E-state index contributed by atoms with van der Waals surface area (Å²) in [6.45, 7) is 0.940. The van der Waals surface area contributed by atoms with Gasteiger partial charge in [-0.15, -0.1) is 0 Å². The van der Waals surface area contributed by atoms with Crippen molar-refractivity contribution in [2.75, 3.05) is 27.4 Å². The zero-order valence-corrected chi connectivity index (χ0v) is 20.2. The van der Waals surface area contributed by atoms with Crippen LogP contribution in [0.1, 0.15) is 29.7 Å². The highest BCUT2D eigenvalue weighted by atomic mass is 35.5. The summed E-state index contributed by atoms with van der Waals surface area (Å²) in [4.78, 5) is 20.5. The number of benzene rings is 1. The van der Waals surface area contributed by atoms with Crippen LogP contribution in [0.25, 0.3) is 11.1 Å². The second-order valence-corrected chi connectivity index (χ2v) is 8.41. The number of amides is 1. The molecule has 1 amide bonds. The smallest absolute Gasteiger partial charge is 0.245 e. The van der Waals surface area contributed by atoms with Gasteiger partial charge >= 0.3 is 0 Å². The van der Waals surface area contributed by atoms with Crippen LogP contribution in [0.15, 0.2) is 34.4 Å². The quantitative estimate of drug-likeness (QED) is 0.432. The first kappa shape index (κ1) is 25.8. The molecule has 1 fully saturated rings. The Morgan fingerprint density at radius 2 is 2.03 bits per heavy atom. The average molecular weight is 524 g/mol. The molecule has 2 aromatic heterocycles. The van der Waals surface area contributed by atoms with Crippen LogP contribution in [0.3, 0.4) is 0 Å². The first-order valence-electron chi connectivity index (χ1n) is 11.0. The van der Waals surface area contributed by atoms with Crippen molar-refractivity contribution in [3.05, 3.63) is 58.7 Å². The van der Waals surface area contributed by atoms with E-state index < -0.39 is 23.3 Å². The van der Waals surface area contributed by atoms with E-state index in [1.165, 1.54) is 26.5 Å². The minimum absolute atomic E-state index is 0.0585. The largest absolute Gasteiger partial charge is 0.494 e. The van der Waals surface area contributed by atoms with Gasteiger partial charge in [0.05, 0.1) is 32.6 Å². The van der Waals surface area contributed by atoms with E-state index in [1.807, 2.05) is 0 Å². The fourth-order valence-corrected chi connectivity index (χ4v) is 4.25. The lowest BCUT2D eigenvalue weighted by atomic mass is 9.91. The molecule has 0 spiro atoms.